The van der Waals surface area contributed by atoms with Crippen LogP contribution in [0.15, 0.2) is 30.3 Å². The first-order valence-electron chi connectivity index (χ1n) is 5.66. The molecular formula is C12H6ClF3N4S. The molecule has 3 aromatic rings. The van der Waals surface area contributed by atoms with E-state index in [1.54, 1.807) is 24.3 Å². The van der Waals surface area contributed by atoms with Crippen LogP contribution in [-0.2, 0) is 6.18 Å². The Labute approximate surface area is 125 Å². The van der Waals surface area contributed by atoms with Gasteiger partial charge in [0.15, 0.2) is 0 Å². The van der Waals surface area contributed by atoms with Crippen LogP contribution >= 0.6 is 22.9 Å². The molecule has 1 aromatic carbocycles. The molecule has 2 aromatic heterocycles. The van der Waals surface area contributed by atoms with Crippen molar-refractivity contribution in [2.24, 2.45) is 0 Å². The summed E-state index contributed by atoms with van der Waals surface area (Å²) in [5.41, 5.74) is 0.560. The maximum atomic E-state index is 12.4. The van der Waals surface area contributed by atoms with Crippen LogP contribution in [0.1, 0.15) is 5.01 Å². The molecule has 0 aliphatic rings. The number of alkyl halides is 3. The van der Waals surface area contributed by atoms with Crippen molar-refractivity contribution in [1.29, 1.82) is 0 Å². The number of nitrogens with one attached hydrogen (secondary N) is 1. The standard InChI is InChI=1S/C12H6ClF3N4S/c13-7-3-1-2-6-4-5-8(17-9(6)7)18-11-20-19-10(21-11)12(14,15)16/h1-5H,(H,17,18,20). The van der Waals surface area contributed by atoms with Crippen LogP contribution in [0.4, 0.5) is 24.1 Å². The summed E-state index contributed by atoms with van der Waals surface area (Å²) in [5, 5.41) is 9.53. The number of anilines is 2. The highest BCUT2D eigenvalue weighted by atomic mass is 35.5. The molecule has 0 fully saturated rings. The van der Waals surface area contributed by atoms with Gasteiger partial charge in [-0.2, -0.15) is 13.2 Å². The first kappa shape index (κ1) is 14.0. The molecule has 0 atom stereocenters. The van der Waals surface area contributed by atoms with Gasteiger partial charge in [-0.05, 0) is 18.2 Å². The zero-order chi connectivity index (χ0) is 15.0. The fraction of sp³-hybridized carbons (Fsp3) is 0.0833. The highest BCUT2D eigenvalue weighted by Crippen LogP contribution is 2.34. The maximum Gasteiger partial charge on any atom is 0.445 e. The van der Waals surface area contributed by atoms with Crippen LogP contribution in [0.2, 0.25) is 5.02 Å². The number of hydrogen-bond donors (Lipinski definition) is 1. The lowest BCUT2D eigenvalue weighted by Gasteiger charge is -2.04. The Morgan fingerprint density at radius 1 is 1.10 bits per heavy atom. The lowest BCUT2D eigenvalue weighted by molar-refractivity contribution is -0.138. The molecule has 0 saturated heterocycles. The molecule has 2 heterocycles. The normalized spacial score (nSPS) is 11.8. The van der Waals surface area contributed by atoms with E-state index in [2.05, 4.69) is 20.5 Å². The Kier molecular flexibility index (Phi) is 3.42. The van der Waals surface area contributed by atoms with Gasteiger partial charge in [0.25, 0.3) is 0 Å². The third-order valence-corrected chi connectivity index (χ3v) is 3.76. The van der Waals surface area contributed by atoms with Crippen molar-refractivity contribution in [2.45, 2.75) is 6.18 Å². The van der Waals surface area contributed by atoms with Crippen molar-refractivity contribution in [3.63, 3.8) is 0 Å². The van der Waals surface area contributed by atoms with Gasteiger partial charge >= 0.3 is 6.18 Å². The molecule has 0 amide bonds. The largest absolute Gasteiger partial charge is 0.445 e. The van der Waals surface area contributed by atoms with Crippen LogP contribution in [0.5, 0.6) is 0 Å². The van der Waals surface area contributed by atoms with Crippen molar-refractivity contribution >= 4 is 44.8 Å². The number of para-hydroxylation sites is 1. The number of nitrogens with zero attached hydrogens (tertiary/aromatic N) is 3. The quantitative estimate of drug-likeness (QED) is 0.751. The number of pyridine rings is 1. The minimum atomic E-state index is -4.50. The molecule has 0 saturated carbocycles. The summed E-state index contributed by atoms with van der Waals surface area (Å²) in [6.07, 6.45) is -4.50. The lowest BCUT2D eigenvalue weighted by Crippen LogP contribution is -2.03. The van der Waals surface area contributed by atoms with Gasteiger partial charge in [-0.15, -0.1) is 10.2 Å². The van der Waals surface area contributed by atoms with E-state index >= 15 is 0 Å². The summed E-state index contributed by atoms with van der Waals surface area (Å²) in [6.45, 7) is 0. The van der Waals surface area contributed by atoms with Crippen molar-refractivity contribution in [2.75, 3.05) is 5.32 Å². The molecule has 0 bridgehead atoms. The van der Waals surface area contributed by atoms with Gasteiger partial charge in [-0.25, -0.2) is 4.98 Å². The van der Waals surface area contributed by atoms with E-state index in [0.29, 0.717) is 27.7 Å². The Morgan fingerprint density at radius 2 is 1.90 bits per heavy atom. The van der Waals surface area contributed by atoms with E-state index < -0.39 is 11.2 Å². The molecule has 0 aliphatic carbocycles. The molecule has 0 aliphatic heterocycles. The Morgan fingerprint density at radius 3 is 2.62 bits per heavy atom. The number of hydrogen-bond acceptors (Lipinski definition) is 5. The van der Waals surface area contributed by atoms with Gasteiger partial charge < -0.3 is 5.32 Å². The Balaban J connectivity index is 1.91. The topological polar surface area (TPSA) is 50.7 Å². The highest BCUT2D eigenvalue weighted by Gasteiger charge is 2.35. The minimum Gasteiger partial charge on any atom is -0.315 e. The highest BCUT2D eigenvalue weighted by molar-refractivity contribution is 7.15. The molecular weight excluding hydrogens is 325 g/mol. The second-order valence-corrected chi connectivity index (χ2v) is 5.43. The number of fused-ring (bicyclic) bond motifs is 1. The average Bonchev–Trinajstić information content (AvgIpc) is 2.88. The average molecular weight is 331 g/mol. The van der Waals surface area contributed by atoms with Gasteiger partial charge in [0.1, 0.15) is 5.82 Å². The van der Waals surface area contributed by atoms with Crippen molar-refractivity contribution in [3.05, 3.63) is 40.4 Å². The Bertz CT molecular complexity index is 803. The molecule has 21 heavy (non-hydrogen) atoms. The van der Waals surface area contributed by atoms with Gasteiger partial charge in [-0.3, -0.25) is 0 Å². The fourth-order valence-corrected chi connectivity index (χ4v) is 2.52. The molecule has 3 rings (SSSR count). The Hall–Kier alpha value is -1.93. The summed E-state index contributed by atoms with van der Waals surface area (Å²) >= 11 is 6.44. The second kappa shape index (κ2) is 5.12. The molecule has 0 radical (unpaired) electrons. The molecule has 1 N–H and O–H groups in total. The molecule has 0 unspecified atom stereocenters. The summed E-state index contributed by atoms with van der Waals surface area (Å²) in [6, 6.07) is 8.72. The van der Waals surface area contributed by atoms with Crippen molar-refractivity contribution in [3.8, 4) is 0 Å². The van der Waals surface area contributed by atoms with E-state index in [4.69, 9.17) is 11.6 Å². The summed E-state index contributed by atoms with van der Waals surface area (Å²) in [4.78, 5) is 4.26. The molecule has 9 heteroatoms. The maximum absolute atomic E-state index is 12.4. The van der Waals surface area contributed by atoms with Crippen LogP contribution in [0, 0.1) is 0 Å². The van der Waals surface area contributed by atoms with E-state index in [-0.39, 0.29) is 5.13 Å². The van der Waals surface area contributed by atoms with Crippen LogP contribution in [0.3, 0.4) is 0 Å². The summed E-state index contributed by atoms with van der Waals surface area (Å²) in [7, 11) is 0. The zero-order valence-corrected chi connectivity index (χ0v) is 11.7. The summed E-state index contributed by atoms with van der Waals surface area (Å²) in [5.74, 6) is 0.348. The molecule has 4 nitrogen and oxygen atoms in total. The third-order valence-electron chi connectivity index (χ3n) is 2.57. The van der Waals surface area contributed by atoms with Gasteiger partial charge in [-0.1, -0.05) is 35.1 Å². The first-order valence-corrected chi connectivity index (χ1v) is 6.86. The zero-order valence-electron chi connectivity index (χ0n) is 10.1. The van der Waals surface area contributed by atoms with Gasteiger partial charge in [0.05, 0.1) is 10.5 Å². The fourth-order valence-electron chi connectivity index (χ4n) is 1.68. The molecule has 0 spiro atoms. The summed E-state index contributed by atoms with van der Waals surface area (Å²) < 4.78 is 37.3. The van der Waals surface area contributed by atoms with Gasteiger partial charge in [0, 0.05) is 5.39 Å². The van der Waals surface area contributed by atoms with Crippen LogP contribution < -0.4 is 5.32 Å². The van der Waals surface area contributed by atoms with E-state index in [9.17, 15) is 13.2 Å². The van der Waals surface area contributed by atoms with E-state index in [0.717, 1.165) is 5.39 Å². The van der Waals surface area contributed by atoms with Crippen LogP contribution in [0.25, 0.3) is 10.9 Å². The van der Waals surface area contributed by atoms with Gasteiger partial charge in [0.2, 0.25) is 10.1 Å². The number of halogens is 4. The predicted molar refractivity (Wildman–Crippen MR) is 74.9 cm³/mol. The number of aromatic nitrogens is 3. The SMILES string of the molecule is FC(F)(F)c1nnc(Nc2ccc3cccc(Cl)c3n2)s1. The van der Waals surface area contributed by atoms with Crippen molar-refractivity contribution in [1.82, 2.24) is 15.2 Å². The van der Waals surface area contributed by atoms with E-state index in [1.165, 1.54) is 0 Å². The van der Waals surface area contributed by atoms with Crippen LogP contribution in [-0.4, -0.2) is 15.2 Å². The smallest absolute Gasteiger partial charge is 0.315 e. The van der Waals surface area contributed by atoms with E-state index in [1.807, 2.05) is 6.07 Å². The number of benzene rings is 1. The third kappa shape index (κ3) is 2.91. The monoisotopic (exact) mass is 330 g/mol. The number of rotatable bonds is 2. The predicted octanol–water partition coefficient (Wildman–Crippen LogP) is 4.50. The lowest BCUT2D eigenvalue weighted by atomic mass is 10.2. The second-order valence-electron chi connectivity index (χ2n) is 4.04. The molecule has 108 valence electrons. The minimum absolute atomic E-state index is 0.0150. The first-order chi connectivity index (χ1) is 9.93. The van der Waals surface area contributed by atoms with Crippen molar-refractivity contribution < 1.29 is 13.2 Å².